The van der Waals surface area contributed by atoms with E-state index < -0.39 is 24.7 Å². The predicted octanol–water partition coefficient (Wildman–Crippen LogP) is 1.38. The summed E-state index contributed by atoms with van der Waals surface area (Å²) in [4.78, 5) is 15.6. The zero-order valence-corrected chi connectivity index (χ0v) is 11.8. The molecule has 7 nitrogen and oxygen atoms in total. The van der Waals surface area contributed by atoms with Gasteiger partial charge in [-0.25, -0.2) is 4.98 Å². The predicted molar refractivity (Wildman–Crippen MR) is 69.0 cm³/mol. The first-order valence-electron chi connectivity index (χ1n) is 6.27. The molecule has 0 spiro atoms. The van der Waals surface area contributed by atoms with Gasteiger partial charge in [0.1, 0.15) is 17.9 Å². The van der Waals surface area contributed by atoms with Crippen molar-refractivity contribution >= 4 is 5.91 Å². The second kappa shape index (κ2) is 5.70. The minimum Gasteiger partial charge on any atom is -0.504 e. The van der Waals surface area contributed by atoms with Crippen molar-refractivity contribution in [2.45, 2.75) is 25.7 Å². The van der Waals surface area contributed by atoms with E-state index in [1.165, 1.54) is 10.9 Å². The van der Waals surface area contributed by atoms with E-state index in [0.717, 1.165) is 17.1 Å². The van der Waals surface area contributed by atoms with Crippen LogP contribution in [-0.2, 0) is 13.6 Å². The Hall–Kier alpha value is -2.52. The van der Waals surface area contributed by atoms with Gasteiger partial charge in [-0.3, -0.25) is 9.48 Å². The van der Waals surface area contributed by atoms with Crippen molar-refractivity contribution in [3.8, 4) is 5.75 Å². The molecule has 0 saturated heterocycles. The summed E-state index contributed by atoms with van der Waals surface area (Å²) in [5, 5.41) is 16.1. The largest absolute Gasteiger partial charge is 0.504 e. The molecule has 2 heterocycles. The lowest BCUT2D eigenvalue weighted by molar-refractivity contribution is -0.140. The number of carbonyl (C=O) groups excluding carboxylic acids is 1. The number of halogens is 3. The molecule has 1 amide bonds. The van der Waals surface area contributed by atoms with Crippen molar-refractivity contribution in [3.63, 3.8) is 0 Å². The molecule has 0 aliphatic heterocycles. The normalized spacial score (nSPS) is 13.1. The van der Waals surface area contributed by atoms with Crippen LogP contribution in [0.25, 0.3) is 0 Å². The van der Waals surface area contributed by atoms with Gasteiger partial charge >= 0.3 is 6.18 Å². The van der Waals surface area contributed by atoms with Crippen molar-refractivity contribution < 1.29 is 23.1 Å². The Morgan fingerprint density at radius 2 is 2.14 bits per heavy atom. The summed E-state index contributed by atoms with van der Waals surface area (Å²) >= 11 is 0. The van der Waals surface area contributed by atoms with Gasteiger partial charge < -0.3 is 15.0 Å². The number of rotatable bonds is 4. The van der Waals surface area contributed by atoms with Crippen molar-refractivity contribution in [2.24, 2.45) is 7.05 Å². The summed E-state index contributed by atoms with van der Waals surface area (Å²) in [6, 6.07) is -0.624. The van der Waals surface area contributed by atoms with Crippen LogP contribution in [0.2, 0.25) is 0 Å². The summed E-state index contributed by atoms with van der Waals surface area (Å²) in [5.41, 5.74) is 0.108. The van der Waals surface area contributed by atoms with Gasteiger partial charge in [0.2, 0.25) is 0 Å². The van der Waals surface area contributed by atoms with Gasteiger partial charge in [0.05, 0.1) is 18.6 Å². The Morgan fingerprint density at radius 1 is 1.45 bits per heavy atom. The maximum atomic E-state index is 12.2. The van der Waals surface area contributed by atoms with E-state index in [1.807, 2.05) is 0 Å². The smallest absolute Gasteiger partial charge is 0.406 e. The molecule has 0 fully saturated rings. The number of aryl methyl sites for hydroxylation is 1. The first-order valence-corrected chi connectivity index (χ1v) is 6.27. The molecule has 0 aromatic carbocycles. The van der Waals surface area contributed by atoms with Gasteiger partial charge in [-0.1, -0.05) is 0 Å². The summed E-state index contributed by atoms with van der Waals surface area (Å²) in [5.74, 6) is -0.739. The van der Waals surface area contributed by atoms with Gasteiger partial charge in [-0.2, -0.15) is 18.3 Å². The van der Waals surface area contributed by atoms with Gasteiger partial charge in [-0.05, 0) is 6.92 Å². The Bertz CT molecular complexity index is 677. The molecule has 0 aliphatic rings. The second-order valence-electron chi connectivity index (χ2n) is 4.81. The molecule has 0 radical (unpaired) electrons. The number of alkyl halides is 3. The minimum absolute atomic E-state index is 0.0853. The average molecular weight is 317 g/mol. The van der Waals surface area contributed by atoms with Crippen LogP contribution >= 0.6 is 0 Å². The number of nitrogens with one attached hydrogen (secondary N) is 1. The van der Waals surface area contributed by atoms with Gasteiger partial charge in [0, 0.05) is 13.2 Å². The standard InChI is InChI=1S/C12H14F3N5O2/c1-7(10-9(21)4-19(2)18-10)17-11(22)8-3-20(6-16-8)5-12(13,14)15/h3-4,6-7,21H,5H2,1-2H3,(H,17,22). The summed E-state index contributed by atoms with van der Waals surface area (Å²) in [7, 11) is 1.61. The molecule has 0 aliphatic carbocycles. The Kier molecular flexibility index (Phi) is 4.11. The third kappa shape index (κ3) is 3.77. The van der Waals surface area contributed by atoms with Crippen molar-refractivity contribution in [3.05, 3.63) is 30.1 Å². The molecule has 2 N–H and O–H groups in total. The second-order valence-corrected chi connectivity index (χ2v) is 4.81. The monoisotopic (exact) mass is 317 g/mol. The molecule has 2 aromatic rings. The third-order valence-electron chi connectivity index (χ3n) is 2.82. The molecule has 2 rings (SSSR count). The fourth-order valence-corrected chi connectivity index (χ4v) is 1.91. The lowest BCUT2D eigenvalue weighted by atomic mass is 10.2. The molecule has 1 atom stereocenters. The highest BCUT2D eigenvalue weighted by molar-refractivity contribution is 5.92. The minimum atomic E-state index is -4.39. The number of carbonyl (C=O) groups is 1. The van der Waals surface area contributed by atoms with E-state index in [4.69, 9.17) is 0 Å². The van der Waals surface area contributed by atoms with Crippen molar-refractivity contribution in [1.29, 1.82) is 0 Å². The van der Waals surface area contributed by atoms with E-state index in [9.17, 15) is 23.1 Å². The fourth-order valence-electron chi connectivity index (χ4n) is 1.91. The number of nitrogens with zero attached hydrogens (tertiary/aromatic N) is 4. The Labute approximate surface area is 123 Å². The van der Waals surface area contributed by atoms with Crippen LogP contribution in [0.4, 0.5) is 13.2 Å². The van der Waals surface area contributed by atoms with E-state index >= 15 is 0 Å². The van der Waals surface area contributed by atoms with Crippen LogP contribution in [0.3, 0.4) is 0 Å². The number of hydrogen-bond acceptors (Lipinski definition) is 4. The molecular formula is C12H14F3N5O2. The highest BCUT2D eigenvalue weighted by Gasteiger charge is 2.28. The molecule has 0 saturated carbocycles. The van der Waals surface area contributed by atoms with Crippen LogP contribution in [0.5, 0.6) is 5.75 Å². The van der Waals surface area contributed by atoms with Crippen molar-refractivity contribution in [2.75, 3.05) is 0 Å². The van der Waals surface area contributed by atoms with Crippen LogP contribution < -0.4 is 5.32 Å². The molecular weight excluding hydrogens is 303 g/mol. The van der Waals surface area contributed by atoms with E-state index in [2.05, 4.69) is 15.4 Å². The average Bonchev–Trinajstić information content (AvgIpc) is 2.93. The van der Waals surface area contributed by atoms with E-state index in [-0.39, 0.29) is 17.1 Å². The quantitative estimate of drug-likeness (QED) is 0.892. The molecule has 22 heavy (non-hydrogen) atoms. The van der Waals surface area contributed by atoms with Crippen LogP contribution in [0.1, 0.15) is 29.1 Å². The zero-order chi connectivity index (χ0) is 16.5. The van der Waals surface area contributed by atoms with Gasteiger partial charge in [0.15, 0.2) is 5.75 Å². The SMILES string of the molecule is CC(NC(=O)c1cn(CC(F)(F)F)cn1)c1nn(C)cc1O. The number of aromatic hydroxyl groups is 1. The molecule has 120 valence electrons. The van der Waals surface area contributed by atoms with Crippen LogP contribution in [0, 0.1) is 0 Å². The number of imidazole rings is 1. The number of hydrogen-bond donors (Lipinski definition) is 2. The third-order valence-corrected chi connectivity index (χ3v) is 2.82. The van der Waals surface area contributed by atoms with E-state index in [1.54, 1.807) is 14.0 Å². The highest BCUT2D eigenvalue weighted by atomic mass is 19.4. The maximum Gasteiger partial charge on any atom is 0.406 e. The first kappa shape index (κ1) is 15.9. The Morgan fingerprint density at radius 3 is 2.68 bits per heavy atom. The first-order chi connectivity index (χ1) is 10.2. The number of aromatic nitrogens is 4. The summed E-state index contributed by atoms with van der Waals surface area (Å²) in [6.07, 6.45) is -1.07. The van der Waals surface area contributed by atoms with Gasteiger partial charge in [0.25, 0.3) is 5.91 Å². The fraction of sp³-hybridized carbons (Fsp3) is 0.417. The molecule has 10 heteroatoms. The maximum absolute atomic E-state index is 12.2. The zero-order valence-electron chi connectivity index (χ0n) is 11.8. The summed E-state index contributed by atoms with van der Waals surface area (Å²) < 4.78 is 38.9. The van der Waals surface area contributed by atoms with Gasteiger partial charge in [-0.15, -0.1) is 0 Å². The lowest BCUT2D eigenvalue weighted by Gasteiger charge is -2.10. The lowest BCUT2D eigenvalue weighted by Crippen LogP contribution is -2.27. The topological polar surface area (TPSA) is 85.0 Å². The number of amides is 1. The molecule has 1 unspecified atom stereocenters. The van der Waals surface area contributed by atoms with Crippen LogP contribution in [-0.4, -0.2) is 36.5 Å². The highest BCUT2D eigenvalue weighted by Crippen LogP contribution is 2.22. The molecule has 0 bridgehead atoms. The van der Waals surface area contributed by atoms with E-state index in [0.29, 0.717) is 0 Å². The Balaban J connectivity index is 2.05. The van der Waals surface area contributed by atoms with Crippen molar-refractivity contribution in [1.82, 2.24) is 24.6 Å². The summed E-state index contributed by atoms with van der Waals surface area (Å²) in [6.45, 7) is 0.372. The van der Waals surface area contributed by atoms with Crippen LogP contribution in [0.15, 0.2) is 18.7 Å². The molecule has 2 aromatic heterocycles.